The lowest BCUT2D eigenvalue weighted by Crippen LogP contribution is -2.45. The fourth-order valence-electron chi connectivity index (χ4n) is 2.60. The van der Waals surface area contributed by atoms with E-state index < -0.39 is 0 Å². The van der Waals surface area contributed by atoms with Gasteiger partial charge in [0.25, 0.3) is 0 Å². The zero-order valence-corrected chi connectivity index (χ0v) is 10.4. The third-order valence-electron chi connectivity index (χ3n) is 3.75. The fourth-order valence-corrected chi connectivity index (χ4v) is 2.60. The molecule has 1 saturated carbocycles. The van der Waals surface area contributed by atoms with Crippen LogP contribution >= 0.6 is 0 Å². The number of hydrogen-bond donors (Lipinski definition) is 3. The Morgan fingerprint density at radius 3 is 2.88 bits per heavy atom. The highest BCUT2D eigenvalue weighted by Gasteiger charge is 2.40. The molecule has 3 unspecified atom stereocenters. The number of nitrogens with zero attached hydrogens (tertiary/aromatic N) is 1. The molecule has 0 radical (unpaired) electrons. The van der Waals surface area contributed by atoms with E-state index >= 15 is 0 Å². The quantitative estimate of drug-likeness (QED) is 0.281. The van der Waals surface area contributed by atoms with Crippen LogP contribution in [0.5, 0.6) is 0 Å². The summed E-state index contributed by atoms with van der Waals surface area (Å²) in [6, 6.07) is 0.720. The van der Waals surface area contributed by atoms with Crippen molar-refractivity contribution in [3.63, 3.8) is 0 Å². The van der Waals surface area contributed by atoms with Gasteiger partial charge in [0.15, 0.2) is 0 Å². The molecule has 0 amide bonds. The second-order valence-corrected chi connectivity index (χ2v) is 5.14. The molecule has 0 aromatic carbocycles. The lowest BCUT2D eigenvalue weighted by Gasteiger charge is -2.25. The van der Waals surface area contributed by atoms with Crippen LogP contribution < -0.4 is 11.1 Å². The summed E-state index contributed by atoms with van der Waals surface area (Å²) >= 11 is 0. The van der Waals surface area contributed by atoms with Gasteiger partial charge < -0.3 is 21.0 Å². The second-order valence-electron chi connectivity index (χ2n) is 5.14. The summed E-state index contributed by atoms with van der Waals surface area (Å²) in [7, 11) is 0. The van der Waals surface area contributed by atoms with Gasteiger partial charge in [0.1, 0.15) is 5.84 Å². The first-order valence-corrected chi connectivity index (χ1v) is 6.58. The Hall–Kier alpha value is -0.810. The van der Waals surface area contributed by atoms with E-state index in [1.54, 1.807) is 0 Å². The maximum Gasteiger partial charge on any atom is 0.140 e. The zero-order chi connectivity index (χ0) is 12.3. The third-order valence-corrected chi connectivity index (χ3v) is 3.75. The highest BCUT2D eigenvalue weighted by Crippen LogP contribution is 2.38. The number of ether oxygens (including phenoxy) is 1. The van der Waals surface area contributed by atoms with Crippen molar-refractivity contribution in [3.8, 4) is 0 Å². The van der Waals surface area contributed by atoms with Gasteiger partial charge >= 0.3 is 0 Å². The Morgan fingerprint density at radius 1 is 1.53 bits per heavy atom. The van der Waals surface area contributed by atoms with Crippen LogP contribution in [0.2, 0.25) is 0 Å². The van der Waals surface area contributed by atoms with Gasteiger partial charge in [0, 0.05) is 25.1 Å². The highest BCUT2D eigenvalue weighted by atomic mass is 16.5. The Morgan fingerprint density at radius 2 is 2.29 bits per heavy atom. The van der Waals surface area contributed by atoms with Crippen molar-refractivity contribution in [1.82, 2.24) is 5.32 Å². The van der Waals surface area contributed by atoms with Gasteiger partial charge in [-0.3, -0.25) is 0 Å². The number of hydrogen-bond acceptors (Lipinski definition) is 4. The van der Waals surface area contributed by atoms with E-state index in [-0.39, 0.29) is 6.04 Å². The standard InChI is InChI=1S/C12H23N3O2/c1-2-9(7-11(13)15-16)14-10-5-6-17-12(10)8-3-4-8/h8-10,12,14,16H,2-7H2,1H3,(H2,13,15). The normalized spacial score (nSPS) is 31.7. The lowest BCUT2D eigenvalue weighted by molar-refractivity contribution is 0.0789. The molecule has 1 aliphatic carbocycles. The van der Waals surface area contributed by atoms with Crippen LogP contribution in [0.25, 0.3) is 0 Å². The van der Waals surface area contributed by atoms with Crippen molar-refractivity contribution in [1.29, 1.82) is 0 Å². The van der Waals surface area contributed by atoms with Crippen molar-refractivity contribution < 1.29 is 9.94 Å². The van der Waals surface area contributed by atoms with Crippen LogP contribution in [0, 0.1) is 5.92 Å². The van der Waals surface area contributed by atoms with E-state index in [4.69, 9.17) is 15.7 Å². The topological polar surface area (TPSA) is 79.9 Å². The molecule has 4 N–H and O–H groups in total. The minimum Gasteiger partial charge on any atom is -0.409 e. The van der Waals surface area contributed by atoms with Gasteiger partial charge in [-0.15, -0.1) is 0 Å². The number of amidine groups is 1. The van der Waals surface area contributed by atoms with E-state index in [1.807, 2.05) is 0 Å². The monoisotopic (exact) mass is 241 g/mol. The first-order chi connectivity index (χ1) is 8.24. The molecule has 5 nitrogen and oxygen atoms in total. The van der Waals surface area contributed by atoms with Gasteiger partial charge in [-0.1, -0.05) is 12.1 Å². The molecule has 98 valence electrons. The average molecular weight is 241 g/mol. The Labute approximate surface area is 102 Å². The summed E-state index contributed by atoms with van der Waals surface area (Å²) in [4.78, 5) is 0. The summed E-state index contributed by atoms with van der Waals surface area (Å²) in [5, 5.41) is 15.2. The Bertz CT molecular complexity index is 279. The van der Waals surface area contributed by atoms with Crippen LogP contribution in [0.1, 0.15) is 39.0 Å². The average Bonchev–Trinajstić information content (AvgIpc) is 3.09. The SMILES string of the molecule is CCC(CC(N)=NO)NC1CCOC1C1CC1. The van der Waals surface area contributed by atoms with E-state index in [0.717, 1.165) is 25.4 Å². The van der Waals surface area contributed by atoms with E-state index in [2.05, 4.69) is 17.4 Å². The summed E-state index contributed by atoms with van der Waals surface area (Å²) in [5.41, 5.74) is 5.56. The lowest BCUT2D eigenvalue weighted by atomic mass is 10.0. The van der Waals surface area contributed by atoms with Crippen molar-refractivity contribution in [3.05, 3.63) is 0 Å². The van der Waals surface area contributed by atoms with Crippen molar-refractivity contribution in [2.75, 3.05) is 6.61 Å². The molecule has 1 aliphatic heterocycles. The molecule has 5 heteroatoms. The molecular formula is C12H23N3O2. The van der Waals surface area contributed by atoms with Crippen molar-refractivity contribution in [2.45, 2.75) is 57.2 Å². The first-order valence-electron chi connectivity index (χ1n) is 6.58. The molecule has 0 aromatic rings. The minimum absolute atomic E-state index is 0.277. The second kappa shape index (κ2) is 5.69. The Balaban J connectivity index is 1.84. The maximum atomic E-state index is 8.60. The summed E-state index contributed by atoms with van der Waals surface area (Å²) in [6.07, 6.45) is 5.65. The number of nitrogens with one attached hydrogen (secondary N) is 1. The molecular weight excluding hydrogens is 218 g/mol. The predicted octanol–water partition coefficient (Wildman–Crippen LogP) is 1.06. The van der Waals surface area contributed by atoms with E-state index in [1.165, 1.54) is 12.8 Å². The molecule has 17 heavy (non-hydrogen) atoms. The molecule has 0 aromatic heterocycles. The maximum absolute atomic E-state index is 8.60. The summed E-state index contributed by atoms with van der Waals surface area (Å²) < 4.78 is 5.79. The predicted molar refractivity (Wildman–Crippen MR) is 66.1 cm³/mol. The van der Waals surface area contributed by atoms with Crippen LogP contribution in [0.3, 0.4) is 0 Å². The Kier molecular flexibility index (Phi) is 4.23. The first kappa shape index (κ1) is 12.6. The summed E-state index contributed by atoms with van der Waals surface area (Å²) in [5.74, 6) is 1.06. The molecule has 1 saturated heterocycles. The van der Waals surface area contributed by atoms with Crippen molar-refractivity contribution >= 4 is 5.84 Å². The smallest absolute Gasteiger partial charge is 0.140 e. The molecule has 0 spiro atoms. The van der Waals surface area contributed by atoms with Crippen LogP contribution in [-0.2, 0) is 4.74 Å². The third kappa shape index (κ3) is 3.33. The van der Waals surface area contributed by atoms with E-state index in [0.29, 0.717) is 24.4 Å². The van der Waals surface area contributed by atoms with Gasteiger partial charge in [-0.25, -0.2) is 0 Å². The van der Waals surface area contributed by atoms with Gasteiger partial charge in [0.05, 0.1) is 6.10 Å². The van der Waals surface area contributed by atoms with E-state index in [9.17, 15) is 0 Å². The highest BCUT2D eigenvalue weighted by molar-refractivity contribution is 5.80. The largest absolute Gasteiger partial charge is 0.409 e. The van der Waals surface area contributed by atoms with Gasteiger partial charge in [0.2, 0.25) is 0 Å². The molecule has 1 heterocycles. The number of rotatable bonds is 6. The molecule has 2 rings (SSSR count). The van der Waals surface area contributed by atoms with Crippen LogP contribution in [0.4, 0.5) is 0 Å². The van der Waals surface area contributed by atoms with Crippen LogP contribution in [-0.4, -0.2) is 35.8 Å². The molecule has 3 atom stereocenters. The number of oxime groups is 1. The fraction of sp³-hybridized carbons (Fsp3) is 0.917. The molecule has 2 aliphatic rings. The molecule has 0 bridgehead atoms. The zero-order valence-electron chi connectivity index (χ0n) is 10.4. The minimum atomic E-state index is 0.277. The van der Waals surface area contributed by atoms with Crippen LogP contribution in [0.15, 0.2) is 5.16 Å². The van der Waals surface area contributed by atoms with Gasteiger partial charge in [-0.05, 0) is 31.6 Å². The number of nitrogens with two attached hydrogens (primary N) is 1. The summed E-state index contributed by atoms with van der Waals surface area (Å²) in [6.45, 7) is 2.98. The van der Waals surface area contributed by atoms with Crippen molar-refractivity contribution in [2.24, 2.45) is 16.8 Å². The van der Waals surface area contributed by atoms with Gasteiger partial charge in [-0.2, -0.15) is 0 Å². The molecule has 2 fully saturated rings.